The molecule has 3 heterocycles. The minimum absolute atomic E-state index is 0.359. The van der Waals surface area contributed by atoms with Gasteiger partial charge in [0.05, 0.1) is 32.3 Å². The number of hydrogen-bond acceptors (Lipinski definition) is 6. The van der Waals surface area contributed by atoms with Crippen LogP contribution in [0, 0.1) is 0 Å². The van der Waals surface area contributed by atoms with Crippen LogP contribution in [0.25, 0.3) is 0 Å². The van der Waals surface area contributed by atoms with Crippen LogP contribution < -0.4 is 10.6 Å². The van der Waals surface area contributed by atoms with Crippen molar-refractivity contribution in [2.24, 2.45) is 4.99 Å². The minimum atomic E-state index is -3.44. The molecule has 2 aromatic rings. The minimum Gasteiger partial charge on any atom is -0.472 e. The van der Waals surface area contributed by atoms with Crippen LogP contribution in [0.5, 0.6) is 0 Å². The third kappa shape index (κ3) is 4.64. The Labute approximate surface area is 156 Å². The summed E-state index contributed by atoms with van der Waals surface area (Å²) in [5, 5.41) is 6.36. The van der Waals surface area contributed by atoms with Crippen molar-refractivity contribution >= 4 is 27.3 Å². The van der Waals surface area contributed by atoms with Gasteiger partial charge >= 0.3 is 0 Å². The molecular weight excluding hydrogens is 376 g/mol. The van der Waals surface area contributed by atoms with Crippen molar-refractivity contribution in [1.29, 1.82) is 0 Å². The van der Waals surface area contributed by atoms with Crippen LogP contribution in [-0.4, -0.2) is 52.0 Å². The average Bonchev–Trinajstić information content (AvgIpc) is 3.35. The van der Waals surface area contributed by atoms with E-state index >= 15 is 0 Å². The summed E-state index contributed by atoms with van der Waals surface area (Å²) in [6, 6.07) is 5.37. The summed E-state index contributed by atoms with van der Waals surface area (Å²) in [5.74, 6) is 0.636. The van der Waals surface area contributed by atoms with Gasteiger partial charge in [-0.05, 0) is 18.2 Å². The second-order valence-electron chi connectivity index (χ2n) is 5.65. The first kappa shape index (κ1) is 18.9. The fourth-order valence-electron chi connectivity index (χ4n) is 2.48. The van der Waals surface area contributed by atoms with Crippen molar-refractivity contribution in [1.82, 2.24) is 14.9 Å². The van der Waals surface area contributed by atoms with Gasteiger partial charge in [0.25, 0.3) is 10.0 Å². The van der Waals surface area contributed by atoms with Gasteiger partial charge in [-0.15, -0.1) is 11.3 Å². The highest BCUT2D eigenvalue weighted by Gasteiger charge is 2.27. The predicted octanol–water partition coefficient (Wildman–Crippen LogP) is 1.23. The fraction of sp³-hybridized carbons (Fsp3) is 0.438. The first-order chi connectivity index (χ1) is 12.6. The predicted molar refractivity (Wildman–Crippen MR) is 99.6 cm³/mol. The average molecular weight is 399 g/mol. The molecule has 3 rings (SSSR count). The zero-order chi connectivity index (χ0) is 18.4. The molecule has 10 heteroatoms. The van der Waals surface area contributed by atoms with Gasteiger partial charge in [0.2, 0.25) is 0 Å². The third-order valence-electron chi connectivity index (χ3n) is 3.89. The molecule has 0 atom stereocenters. The van der Waals surface area contributed by atoms with E-state index in [-0.39, 0.29) is 0 Å². The Balaban J connectivity index is 1.55. The van der Waals surface area contributed by atoms with Gasteiger partial charge in [-0.1, -0.05) is 0 Å². The van der Waals surface area contributed by atoms with E-state index in [0.717, 1.165) is 10.4 Å². The van der Waals surface area contributed by atoms with Crippen LogP contribution in [0.4, 0.5) is 0 Å². The number of morpholine rings is 1. The molecule has 2 aromatic heterocycles. The highest BCUT2D eigenvalue weighted by Crippen LogP contribution is 2.25. The van der Waals surface area contributed by atoms with Crippen LogP contribution >= 0.6 is 11.3 Å². The highest BCUT2D eigenvalue weighted by molar-refractivity contribution is 7.91. The Kier molecular flexibility index (Phi) is 6.30. The first-order valence-electron chi connectivity index (χ1n) is 8.22. The van der Waals surface area contributed by atoms with Crippen molar-refractivity contribution in [2.75, 3.05) is 33.4 Å². The van der Waals surface area contributed by atoms with Crippen LogP contribution in [0.2, 0.25) is 0 Å². The lowest BCUT2D eigenvalue weighted by atomic mass is 10.3. The van der Waals surface area contributed by atoms with Gasteiger partial charge in [-0.3, -0.25) is 4.99 Å². The van der Waals surface area contributed by atoms with E-state index in [1.54, 1.807) is 25.6 Å². The normalized spacial score (nSPS) is 16.6. The van der Waals surface area contributed by atoms with Crippen LogP contribution in [-0.2, 0) is 27.8 Å². The number of furan rings is 1. The lowest BCUT2D eigenvalue weighted by Gasteiger charge is -2.25. The molecule has 1 saturated heterocycles. The van der Waals surface area contributed by atoms with Crippen molar-refractivity contribution in [3.05, 3.63) is 41.2 Å². The quantitative estimate of drug-likeness (QED) is 0.561. The molecular formula is C16H22N4O4S2. The molecule has 1 fully saturated rings. The monoisotopic (exact) mass is 398 g/mol. The van der Waals surface area contributed by atoms with E-state index in [0.29, 0.717) is 49.6 Å². The molecule has 0 amide bonds. The molecule has 0 aliphatic carbocycles. The maximum Gasteiger partial charge on any atom is 0.252 e. The number of sulfonamides is 1. The molecule has 0 aromatic carbocycles. The Bertz CT molecular complexity index is 824. The number of ether oxygens (including phenoxy) is 1. The first-order valence-corrected chi connectivity index (χ1v) is 10.5. The summed E-state index contributed by atoms with van der Waals surface area (Å²) in [6.07, 6.45) is 3.29. The third-order valence-corrected chi connectivity index (χ3v) is 7.35. The lowest BCUT2D eigenvalue weighted by Crippen LogP contribution is -2.40. The number of rotatable bonds is 6. The van der Waals surface area contributed by atoms with Gasteiger partial charge in [-0.25, -0.2) is 8.42 Å². The number of hydrogen-bond donors (Lipinski definition) is 2. The molecule has 26 heavy (non-hydrogen) atoms. The number of nitrogens with one attached hydrogen (secondary N) is 2. The second kappa shape index (κ2) is 8.67. The molecule has 0 saturated carbocycles. The summed E-state index contributed by atoms with van der Waals surface area (Å²) < 4.78 is 37.4. The summed E-state index contributed by atoms with van der Waals surface area (Å²) >= 11 is 1.27. The zero-order valence-electron chi connectivity index (χ0n) is 14.5. The van der Waals surface area contributed by atoms with Crippen LogP contribution in [0.3, 0.4) is 0 Å². The van der Waals surface area contributed by atoms with Gasteiger partial charge < -0.3 is 19.8 Å². The summed E-state index contributed by atoms with van der Waals surface area (Å²) in [5.41, 5.74) is 1.02. The number of guanidine groups is 1. The van der Waals surface area contributed by atoms with E-state index in [2.05, 4.69) is 15.6 Å². The van der Waals surface area contributed by atoms with Crippen molar-refractivity contribution in [2.45, 2.75) is 17.3 Å². The SMILES string of the molecule is CN=C(NCc1ccoc1)NCc1ccc(S(=O)(=O)N2CCOCC2)s1. The highest BCUT2D eigenvalue weighted by atomic mass is 32.2. The standard InChI is InChI=1S/C16H22N4O4S2/c1-17-16(18-10-13-4-7-24-12-13)19-11-14-2-3-15(25-14)26(21,22)20-5-8-23-9-6-20/h2-4,7,12H,5-6,8-11H2,1H3,(H2,17,18,19). The summed E-state index contributed by atoms with van der Waals surface area (Å²) in [4.78, 5) is 5.08. The molecule has 1 aliphatic rings. The van der Waals surface area contributed by atoms with Crippen molar-refractivity contribution in [3.63, 3.8) is 0 Å². The second-order valence-corrected chi connectivity index (χ2v) is 8.98. The Morgan fingerprint density at radius 2 is 2.00 bits per heavy atom. The Morgan fingerprint density at radius 3 is 2.69 bits per heavy atom. The maximum absolute atomic E-state index is 12.6. The number of thiophene rings is 1. The number of nitrogens with zero attached hydrogens (tertiary/aromatic N) is 2. The van der Waals surface area contributed by atoms with Crippen LogP contribution in [0.15, 0.2) is 44.3 Å². The molecule has 2 N–H and O–H groups in total. The molecule has 8 nitrogen and oxygen atoms in total. The smallest absolute Gasteiger partial charge is 0.252 e. The molecule has 0 spiro atoms. The van der Waals surface area contributed by atoms with Gasteiger partial charge in [-0.2, -0.15) is 4.31 Å². The van der Waals surface area contributed by atoms with E-state index in [1.807, 2.05) is 12.1 Å². The molecule has 1 aliphatic heterocycles. The lowest BCUT2D eigenvalue weighted by molar-refractivity contribution is 0.0731. The van der Waals surface area contributed by atoms with Crippen molar-refractivity contribution < 1.29 is 17.6 Å². The largest absolute Gasteiger partial charge is 0.472 e. The summed E-state index contributed by atoms with van der Waals surface area (Å²) in [7, 11) is -1.75. The van der Waals surface area contributed by atoms with E-state index < -0.39 is 10.0 Å². The maximum atomic E-state index is 12.6. The molecule has 0 unspecified atom stereocenters. The summed E-state index contributed by atoms with van der Waals surface area (Å²) in [6.45, 7) is 2.78. The molecule has 0 radical (unpaired) electrons. The Hall–Kier alpha value is -1.88. The van der Waals surface area contributed by atoms with Gasteiger partial charge in [0.15, 0.2) is 5.96 Å². The molecule has 142 valence electrons. The zero-order valence-corrected chi connectivity index (χ0v) is 16.1. The van der Waals surface area contributed by atoms with E-state index in [4.69, 9.17) is 9.15 Å². The van der Waals surface area contributed by atoms with Crippen LogP contribution in [0.1, 0.15) is 10.4 Å². The van der Waals surface area contributed by atoms with E-state index in [9.17, 15) is 8.42 Å². The van der Waals surface area contributed by atoms with Gasteiger partial charge in [0.1, 0.15) is 4.21 Å². The van der Waals surface area contributed by atoms with Crippen molar-refractivity contribution in [3.8, 4) is 0 Å². The molecule has 0 bridgehead atoms. The van der Waals surface area contributed by atoms with Gasteiger partial charge in [0, 0.05) is 37.1 Å². The number of aliphatic imine (C=N–C) groups is 1. The van der Waals surface area contributed by atoms with E-state index in [1.165, 1.54) is 15.6 Å². The topological polar surface area (TPSA) is 96.2 Å². The Morgan fingerprint density at radius 1 is 1.23 bits per heavy atom. The fourth-order valence-corrected chi connectivity index (χ4v) is 5.33.